The molecule has 0 aliphatic rings. The molecule has 0 atom stereocenters. The highest BCUT2D eigenvalue weighted by molar-refractivity contribution is 9.10. The molecule has 7 nitrogen and oxygen atoms in total. The van der Waals surface area contributed by atoms with Crippen LogP contribution in [-0.4, -0.2) is 32.3 Å². The molecule has 29 heavy (non-hydrogen) atoms. The monoisotopic (exact) mass is 473 g/mol. The molecule has 1 aromatic heterocycles. The van der Waals surface area contributed by atoms with E-state index in [0.717, 1.165) is 10.2 Å². The minimum atomic E-state index is -0.195. The quantitative estimate of drug-likeness (QED) is 0.486. The summed E-state index contributed by atoms with van der Waals surface area (Å²) in [6.07, 6.45) is 0. The lowest BCUT2D eigenvalue weighted by Gasteiger charge is -2.09. The van der Waals surface area contributed by atoms with Gasteiger partial charge in [0, 0.05) is 16.7 Å². The number of carbonyl (C=O) groups is 2. The molecule has 0 saturated heterocycles. The van der Waals surface area contributed by atoms with Crippen LogP contribution >= 0.6 is 27.7 Å². The maximum absolute atomic E-state index is 12.4. The number of rotatable bonds is 8. The first kappa shape index (κ1) is 21.1. The van der Waals surface area contributed by atoms with Crippen LogP contribution in [0.3, 0.4) is 0 Å². The van der Waals surface area contributed by atoms with Gasteiger partial charge in [0.25, 0.3) is 5.91 Å². The van der Waals surface area contributed by atoms with E-state index in [1.54, 1.807) is 6.07 Å². The van der Waals surface area contributed by atoms with Crippen LogP contribution in [0.4, 0.5) is 5.69 Å². The van der Waals surface area contributed by atoms with Gasteiger partial charge in [-0.1, -0.05) is 42.1 Å². The van der Waals surface area contributed by atoms with Crippen molar-refractivity contribution in [1.29, 1.82) is 0 Å². The average Bonchev–Trinajstić information content (AvgIpc) is 3.13. The summed E-state index contributed by atoms with van der Waals surface area (Å²) < 4.78 is 2.62. The molecule has 0 spiro atoms. The van der Waals surface area contributed by atoms with Gasteiger partial charge >= 0.3 is 0 Å². The summed E-state index contributed by atoms with van der Waals surface area (Å²) in [5, 5.41) is 14.7. The molecular weight excluding hydrogens is 454 g/mol. The van der Waals surface area contributed by atoms with Crippen LogP contribution in [0.15, 0.2) is 64.2 Å². The van der Waals surface area contributed by atoms with E-state index < -0.39 is 0 Å². The van der Waals surface area contributed by atoms with E-state index in [4.69, 9.17) is 0 Å². The van der Waals surface area contributed by atoms with Crippen LogP contribution in [0.25, 0.3) is 0 Å². The number of anilines is 1. The molecule has 3 aromatic rings. The summed E-state index contributed by atoms with van der Waals surface area (Å²) in [7, 11) is 0. The number of hydrogen-bond donors (Lipinski definition) is 2. The van der Waals surface area contributed by atoms with E-state index >= 15 is 0 Å². The van der Waals surface area contributed by atoms with Gasteiger partial charge in [0.05, 0.1) is 17.9 Å². The fraction of sp³-hybridized carbons (Fsp3) is 0.200. The molecule has 2 N–H and O–H groups in total. The zero-order valence-corrected chi connectivity index (χ0v) is 18.2. The number of amides is 2. The Balaban J connectivity index is 1.57. The fourth-order valence-electron chi connectivity index (χ4n) is 2.62. The predicted octanol–water partition coefficient (Wildman–Crippen LogP) is 3.72. The van der Waals surface area contributed by atoms with E-state index in [1.807, 2.05) is 60.0 Å². The third-order valence-electron chi connectivity index (χ3n) is 4.03. The van der Waals surface area contributed by atoms with Gasteiger partial charge in [-0.2, -0.15) is 0 Å². The van der Waals surface area contributed by atoms with Crippen molar-refractivity contribution < 1.29 is 9.59 Å². The van der Waals surface area contributed by atoms with Crippen molar-refractivity contribution in [2.24, 2.45) is 0 Å². The third kappa shape index (κ3) is 5.68. The normalized spacial score (nSPS) is 10.6. The molecule has 0 aliphatic carbocycles. The Morgan fingerprint density at radius 2 is 1.79 bits per heavy atom. The van der Waals surface area contributed by atoms with Crippen LogP contribution in [0, 0.1) is 0 Å². The Labute approximate surface area is 181 Å². The second-order valence-corrected chi connectivity index (χ2v) is 7.81. The number of thioether (sulfide) groups is 1. The van der Waals surface area contributed by atoms with Gasteiger partial charge in [0.15, 0.2) is 11.0 Å². The van der Waals surface area contributed by atoms with Gasteiger partial charge in [0.1, 0.15) is 0 Å². The van der Waals surface area contributed by atoms with Crippen LogP contribution in [0.2, 0.25) is 0 Å². The van der Waals surface area contributed by atoms with Crippen LogP contribution in [0.1, 0.15) is 23.1 Å². The standard InChI is InChI=1S/C20H20BrN5O2S/c1-2-26-17(12-22-19(28)15-10-6-7-11-16(15)21)24-25-20(26)29-13-18(27)23-14-8-4-3-5-9-14/h3-11H,2,12-13H2,1H3,(H,22,28)(H,23,27). The van der Waals surface area contributed by atoms with Crippen molar-refractivity contribution >= 4 is 45.2 Å². The summed E-state index contributed by atoms with van der Waals surface area (Å²) in [4.78, 5) is 24.5. The second kappa shape index (κ2) is 10.2. The number of benzene rings is 2. The lowest BCUT2D eigenvalue weighted by molar-refractivity contribution is -0.113. The number of para-hydroxylation sites is 1. The van der Waals surface area contributed by atoms with Crippen molar-refractivity contribution in [3.63, 3.8) is 0 Å². The molecule has 2 amide bonds. The minimum absolute atomic E-state index is 0.115. The van der Waals surface area contributed by atoms with Crippen molar-refractivity contribution in [2.45, 2.75) is 25.2 Å². The molecule has 0 bridgehead atoms. The SMILES string of the molecule is CCn1c(CNC(=O)c2ccccc2Br)nnc1SCC(=O)Nc1ccccc1. The van der Waals surface area contributed by atoms with Gasteiger partial charge in [0.2, 0.25) is 5.91 Å². The number of aromatic nitrogens is 3. The number of carbonyl (C=O) groups excluding carboxylic acids is 2. The molecule has 0 unspecified atom stereocenters. The van der Waals surface area contributed by atoms with E-state index in [1.165, 1.54) is 11.8 Å². The van der Waals surface area contributed by atoms with Crippen LogP contribution < -0.4 is 10.6 Å². The lowest BCUT2D eigenvalue weighted by Crippen LogP contribution is -2.25. The largest absolute Gasteiger partial charge is 0.345 e. The zero-order chi connectivity index (χ0) is 20.6. The summed E-state index contributed by atoms with van der Waals surface area (Å²) in [6, 6.07) is 16.5. The van der Waals surface area contributed by atoms with Crippen molar-refractivity contribution in [1.82, 2.24) is 20.1 Å². The fourth-order valence-corrected chi connectivity index (χ4v) is 3.91. The average molecular weight is 474 g/mol. The van der Waals surface area contributed by atoms with Crippen LogP contribution in [0.5, 0.6) is 0 Å². The highest BCUT2D eigenvalue weighted by Gasteiger charge is 2.15. The Kier molecular flexibility index (Phi) is 7.42. The van der Waals surface area contributed by atoms with E-state index in [2.05, 4.69) is 36.8 Å². The highest BCUT2D eigenvalue weighted by Crippen LogP contribution is 2.19. The number of halogens is 1. The smallest absolute Gasteiger partial charge is 0.252 e. The first-order chi connectivity index (χ1) is 14.1. The molecule has 2 aromatic carbocycles. The number of nitrogens with zero attached hydrogens (tertiary/aromatic N) is 3. The molecule has 9 heteroatoms. The van der Waals surface area contributed by atoms with Gasteiger partial charge in [-0.05, 0) is 47.1 Å². The molecule has 1 heterocycles. The second-order valence-electron chi connectivity index (χ2n) is 6.01. The summed E-state index contributed by atoms with van der Waals surface area (Å²) in [5.41, 5.74) is 1.31. The number of hydrogen-bond acceptors (Lipinski definition) is 5. The Bertz CT molecular complexity index is 994. The lowest BCUT2D eigenvalue weighted by atomic mass is 10.2. The third-order valence-corrected chi connectivity index (χ3v) is 5.68. The van der Waals surface area contributed by atoms with E-state index in [-0.39, 0.29) is 24.1 Å². The zero-order valence-electron chi connectivity index (χ0n) is 15.8. The Morgan fingerprint density at radius 1 is 1.07 bits per heavy atom. The van der Waals surface area contributed by atoms with Gasteiger partial charge in [-0.3, -0.25) is 9.59 Å². The minimum Gasteiger partial charge on any atom is -0.345 e. The van der Waals surface area contributed by atoms with Crippen LogP contribution in [-0.2, 0) is 17.9 Å². The first-order valence-electron chi connectivity index (χ1n) is 9.01. The molecule has 150 valence electrons. The molecule has 0 fully saturated rings. The number of nitrogens with one attached hydrogen (secondary N) is 2. The van der Waals surface area contributed by atoms with Gasteiger partial charge in [-0.15, -0.1) is 10.2 Å². The Morgan fingerprint density at radius 3 is 2.52 bits per heavy atom. The van der Waals surface area contributed by atoms with Gasteiger partial charge < -0.3 is 15.2 Å². The van der Waals surface area contributed by atoms with E-state index in [0.29, 0.717) is 23.1 Å². The van der Waals surface area contributed by atoms with Gasteiger partial charge in [-0.25, -0.2) is 0 Å². The van der Waals surface area contributed by atoms with Crippen molar-refractivity contribution in [3.05, 3.63) is 70.5 Å². The first-order valence-corrected chi connectivity index (χ1v) is 10.8. The van der Waals surface area contributed by atoms with Crippen molar-refractivity contribution in [2.75, 3.05) is 11.1 Å². The summed E-state index contributed by atoms with van der Waals surface area (Å²) in [5.74, 6) is 0.546. The topological polar surface area (TPSA) is 88.9 Å². The summed E-state index contributed by atoms with van der Waals surface area (Å²) in [6.45, 7) is 2.85. The molecule has 0 radical (unpaired) electrons. The van der Waals surface area contributed by atoms with Crippen molar-refractivity contribution in [3.8, 4) is 0 Å². The maximum Gasteiger partial charge on any atom is 0.252 e. The molecular formula is C20H20BrN5O2S. The molecule has 0 aliphatic heterocycles. The Hall–Kier alpha value is -2.65. The van der Waals surface area contributed by atoms with E-state index in [9.17, 15) is 9.59 Å². The molecule has 3 rings (SSSR count). The summed E-state index contributed by atoms with van der Waals surface area (Å²) >= 11 is 4.69. The molecule has 0 saturated carbocycles. The maximum atomic E-state index is 12.4. The predicted molar refractivity (Wildman–Crippen MR) is 117 cm³/mol. The highest BCUT2D eigenvalue weighted by atomic mass is 79.9.